The predicted octanol–water partition coefficient (Wildman–Crippen LogP) is 2.40. The van der Waals surface area contributed by atoms with Gasteiger partial charge in [-0.25, -0.2) is 0 Å². The third-order valence-corrected chi connectivity index (χ3v) is 3.19. The number of carbonyl (C=O) groups is 3. The van der Waals surface area contributed by atoms with Gasteiger partial charge in [0, 0.05) is 0 Å². The van der Waals surface area contributed by atoms with E-state index in [1.807, 2.05) is 13.8 Å². The average Bonchev–Trinajstić information content (AvgIpc) is 2.44. The van der Waals surface area contributed by atoms with Crippen LogP contribution in [0.2, 0.25) is 0 Å². The third-order valence-electron chi connectivity index (χ3n) is 3.19. The second-order valence-corrected chi connectivity index (χ2v) is 5.03. The van der Waals surface area contributed by atoms with Crippen LogP contribution in [0.25, 0.3) is 0 Å². The molecule has 0 aliphatic rings. The van der Waals surface area contributed by atoms with Crippen molar-refractivity contribution in [3.63, 3.8) is 0 Å². The Kier molecular flexibility index (Phi) is 10.3. The van der Waals surface area contributed by atoms with Crippen molar-refractivity contribution in [3.8, 4) is 0 Å². The van der Waals surface area contributed by atoms with E-state index in [0.29, 0.717) is 6.42 Å². The van der Waals surface area contributed by atoms with Gasteiger partial charge < -0.3 is 14.6 Å². The molecule has 0 aliphatic carbocycles. The second-order valence-electron chi connectivity index (χ2n) is 5.03. The van der Waals surface area contributed by atoms with Crippen molar-refractivity contribution in [2.75, 3.05) is 13.2 Å². The summed E-state index contributed by atoms with van der Waals surface area (Å²) < 4.78 is 10.0. The van der Waals surface area contributed by atoms with Crippen LogP contribution in [0.3, 0.4) is 0 Å². The molecule has 0 fully saturated rings. The Labute approximate surface area is 125 Å². The smallest absolute Gasteiger partial charge is 0.310 e. The van der Waals surface area contributed by atoms with Gasteiger partial charge in [0.15, 0.2) is 0 Å². The van der Waals surface area contributed by atoms with Gasteiger partial charge in [0.25, 0.3) is 0 Å². The van der Waals surface area contributed by atoms with Gasteiger partial charge in [0.1, 0.15) is 0 Å². The van der Waals surface area contributed by atoms with E-state index >= 15 is 0 Å². The highest BCUT2D eigenvalue weighted by atomic mass is 16.5. The summed E-state index contributed by atoms with van der Waals surface area (Å²) in [4.78, 5) is 34.7. The van der Waals surface area contributed by atoms with Crippen LogP contribution in [0.1, 0.15) is 52.9 Å². The highest BCUT2D eigenvalue weighted by molar-refractivity contribution is 5.85. The van der Waals surface area contributed by atoms with Crippen LogP contribution in [0.4, 0.5) is 0 Å². The quantitative estimate of drug-likeness (QED) is 0.465. The summed E-state index contributed by atoms with van der Waals surface area (Å²) in [6.07, 6.45) is 2.95. The van der Waals surface area contributed by atoms with Crippen LogP contribution in [-0.2, 0) is 23.9 Å². The molecule has 0 aromatic heterocycles. The minimum Gasteiger partial charge on any atom is -0.481 e. The lowest BCUT2D eigenvalue weighted by atomic mass is 9.91. The third kappa shape index (κ3) is 8.32. The lowest BCUT2D eigenvalue weighted by Gasteiger charge is -2.18. The van der Waals surface area contributed by atoms with Crippen molar-refractivity contribution in [2.45, 2.75) is 52.9 Å². The number of carbonyl (C=O) groups excluding carboxylic acids is 2. The van der Waals surface area contributed by atoms with Gasteiger partial charge in [-0.3, -0.25) is 14.4 Å². The highest BCUT2D eigenvalue weighted by Crippen LogP contribution is 2.19. The van der Waals surface area contributed by atoms with Gasteiger partial charge in [-0.15, -0.1) is 0 Å². The zero-order chi connectivity index (χ0) is 16.3. The minimum absolute atomic E-state index is 0.239. The number of rotatable bonds is 11. The number of carboxylic acid groups (broad SMARTS) is 1. The maximum absolute atomic E-state index is 11.9. The second kappa shape index (κ2) is 11.1. The van der Waals surface area contributed by atoms with E-state index in [4.69, 9.17) is 14.6 Å². The van der Waals surface area contributed by atoms with E-state index in [9.17, 15) is 14.4 Å². The van der Waals surface area contributed by atoms with Crippen molar-refractivity contribution >= 4 is 17.9 Å². The molecule has 0 amide bonds. The van der Waals surface area contributed by atoms with Gasteiger partial charge in [0.05, 0.1) is 31.5 Å². The van der Waals surface area contributed by atoms with E-state index in [2.05, 4.69) is 0 Å². The number of ether oxygens (including phenoxy) is 2. The molecule has 0 aromatic rings. The Hall–Kier alpha value is -1.59. The Bertz CT molecular complexity index is 339. The van der Waals surface area contributed by atoms with Crippen LogP contribution in [0.15, 0.2) is 0 Å². The van der Waals surface area contributed by atoms with Crippen LogP contribution < -0.4 is 0 Å². The number of unbranched alkanes of at least 4 members (excludes halogenated alkanes) is 2. The van der Waals surface area contributed by atoms with Crippen molar-refractivity contribution in [2.24, 2.45) is 11.8 Å². The standard InChI is InChI=1S/C15H26O6/c1-4-6-8-20-13(16)10-12(11(3)14(17)18)15(19)21-9-7-5-2/h11-12H,4-10H2,1-3H3,(H,17,18). The molecule has 2 atom stereocenters. The molecule has 0 aliphatic heterocycles. The molecule has 0 saturated heterocycles. The lowest BCUT2D eigenvalue weighted by molar-refractivity contribution is -0.161. The maximum atomic E-state index is 11.9. The Balaban J connectivity index is 4.55. The lowest BCUT2D eigenvalue weighted by Crippen LogP contribution is -2.32. The maximum Gasteiger partial charge on any atom is 0.310 e. The first-order valence-electron chi connectivity index (χ1n) is 7.49. The van der Waals surface area contributed by atoms with Crippen LogP contribution in [0.5, 0.6) is 0 Å². The summed E-state index contributed by atoms with van der Waals surface area (Å²) in [6, 6.07) is 0. The monoisotopic (exact) mass is 302 g/mol. The average molecular weight is 302 g/mol. The van der Waals surface area contributed by atoms with Gasteiger partial charge >= 0.3 is 17.9 Å². The van der Waals surface area contributed by atoms with Gasteiger partial charge in [-0.2, -0.15) is 0 Å². The predicted molar refractivity (Wildman–Crippen MR) is 76.6 cm³/mol. The van der Waals surface area contributed by atoms with Crippen molar-refractivity contribution in [3.05, 3.63) is 0 Å². The van der Waals surface area contributed by atoms with Crippen LogP contribution in [0, 0.1) is 11.8 Å². The molecular formula is C15H26O6. The number of aliphatic carboxylic acids is 1. The first kappa shape index (κ1) is 19.4. The fourth-order valence-electron chi connectivity index (χ4n) is 1.63. The van der Waals surface area contributed by atoms with E-state index < -0.39 is 29.7 Å². The van der Waals surface area contributed by atoms with Crippen molar-refractivity contribution in [1.82, 2.24) is 0 Å². The summed E-state index contributed by atoms with van der Waals surface area (Å²) in [5.74, 6) is -4.33. The summed E-state index contributed by atoms with van der Waals surface area (Å²) in [5.41, 5.74) is 0. The van der Waals surface area contributed by atoms with Crippen LogP contribution >= 0.6 is 0 Å². The molecular weight excluding hydrogens is 276 g/mol. The molecule has 122 valence electrons. The number of hydrogen-bond donors (Lipinski definition) is 1. The van der Waals surface area contributed by atoms with E-state index in [1.54, 1.807) is 0 Å². The SMILES string of the molecule is CCCCOC(=O)CC(C(=O)OCCCC)C(C)C(=O)O. The molecule has 0 saturated carbocycles. The molecule has 0 rings (SSSR count). The normalized spacial score (nSPS) is 13.3. The summed E-state index contributed by atoms with van der Waals surface area (Å²) >= 11 is 0. The summed E-state index contributed by atoms with van der Waals surface area (Å²) in [5, 5.41) is 9.04. The first-order valence-corrected chi connectivity index (χ1v) is 7.49. The van der Waals surface area contributed by atoms with Crippen LogP contribution in [-0.4, -0.2) is 36.2 Å². The largest absolute Gasteiger partial charge is 0.481 e. The first-order chi connectivity index (χ1) is 9.93. The van der Waals surface area contributed by atoms with E-state index in [-0.39, 0.29) is 19.6 Å². The molecule has 0 bridgehead atoms. The molecule has 0 spiro atoms. The summed E-state index contributed by atoms with van der Waals surface area (Å²) in [6.45, 7) is 5.84. The Morgan fingerprint density at radius 3 is 2.00 bits per heavy atom. The molecule has 6 heteroatoms. The molecule has 0 aromatic carbocycles. The molecule has 21 heavy (non-hydrogen) atoms. The zero-order valence-corrected chi connectivity index (χ0v) is 13.1. The number of hydrogen-bond acceptors (Lipinski definition) is 5. The molecule has 6 nitrogen and oxygen atoms in total. The van der Waals surface area contributed by atoms with Gasteiger partial charge in [-0.05, 0) is 12.8 Å². The topological polar surface area (TPSA) is 89.9 Å². The fraction of sp³-hybridized carbons (Fsp3) is 0.800. The minimum atomic E-state index is -1.13. The van der Waals surface area contributed by atoms with Crippen molar-refractivity contribution < 1.29 is 29.0 Å². The van der Waals surface area contributed by atoms with E-state index in [0.717, 1.165) is 19.3 Å². The highest BCUT2D eigenvalue weighted by Gasteiger charge is 2.33. The zero-order valence-electron chi connectivity index (χ0n) is 13.1. The van der Waals surface area contributed by atoms with Gasteiger partial charge in [-0.1, -0.05) is 33.6 Å². The van der Waals surface area contributed by atoms with Crippen molar-refractivity contribution in [1.29, 1.82) is 0 Å². The van der Waals surface area contributed by atoms with Gasteiger partial charge in [0.2, 0.25) is 0 Å². The summed E-state index contributed by atoms with van der Waals surface area (Å²) in [7, 11) is 0. The molecule has 2 unspecified atom stereocenters. The molecule has 1 N–H and O–H groups in total. The number of esters is 2. The van der Waals surface area contributed by atoms with E-state index in [1.165, 1.54) is 6.92 Å². The molecule has 0 radical (unpaired) electrons. The Morgan fingerprint density at radius 1 is 1.00 bits per heavy atom. The Morgan fingerprint density at radius 2 is 1.52 bits per heavy atom. The molecule has 0 heterocycles. The fourth-order valence-corrected chi connectivity index (χ4v) is 1.63. The number of carboxylic acids is 1.